The largest absolute Gasteiger partial charge is 0.489 e. The first-order valence-electron chi connectivity index (χ1n) is 10.3. The zero-order valence-corrected chi connectivity index (χ0v) is 17.2. The van der Waals surface area contributed by atoms with Crippen LogP contribution in [0.1, 0.15) is 33.7 Å². The van der Waals surface area contributed by atoms with Gasteiger partial charge in [-0.3, -0.25) is 9.36 Å². The summed E-state index contributed by atoms with van der Waals surface area (Å²) in [6.07, 6.45) is 2.70. The molecule has 6 nitrogen and oxygen atoms in total. The molecule has 0 spiro atoms. The number of ether oxygens (including phenoxy) is 1. The van der Waals surface area contributed by atoms with Crippen LogP contribution in [0.25, 0.3) is 22.6 Å². The molecule has 2 heterocycles. The molecule has 6 heteroatoms. The normalized spacial score (nSPS) is 13.9. The molecule has 3 aromatic carbocycles. The molecule has 0 atom stereocenters. The molecule has 1 aliphatic heterocycles. The molecule has 158 valence electrons. The summed E-state index contributed by atoms with van der Waals surface area (Å²) in [5, 5.41) is 9.68. The van der Waals surface area contributed by atoms with Crippen molar-refractivity contribution in [3.63, 3.8) is 0 Å². The highest BCUT2D eigenvalue weighted by molar-refractivity contribution is 5.93. The molecule has 0 saturated carbocycles. The predicted octanol–water partition coefficient (Wildman–Crippen LogP) is 4.62. The third kappa shape index (κ3) is 3.78. The Labute approximate surface area is 184 Å². The third-order valence-electron chi connectivity index (χ3n) is 5.56. The van der Waals surface area contributed by atoms with Crippen molar-refractivity contribution in [2.24, 2.45) is 0 Å². The summed E-state index contributed by atoms with van der Waals surface area (Å²) in [5.41, 5.74) is 3.41. The summed E-state index contributed by atoms with van der Waals surface area (Å²) in [6.45, 7) is 1.06. The SMILES string of the molecule is O=C(O)c1ccc2c(=O)n3c(nc2c1)/C(=C/c1ccc(OCc2ccccc2)cc1)CC3. The fourth-order valence-corrected chi connectivity index (χ4v) is 3.89. The van der Waals surface area contributed by atoms with Gasteiger partial charge in [0.25, 0.3) is 5.56 Å². The summed E-state index contributed by atoms with van der Waals surface area (Å²) in [7, 11) is 0. The average molecular weight is 424 g/mol. The van der Waals surface area contributed by atoms with Gasteiger partial charge >= 0.3 is 5.97 Å². The second-order valence-corrected chi connectivity index (χ2v) is 7.69. The maximum Gasteiger partial charge on any atom is 0.335 e. The van der Waals surface area contributed by atoms with Crippen LogP contribution in [0, 0.1) is 0 Å². The molecular weight excluding hydrogens is 404 g/mol. The Morgan fingerprint density at radius 1 is 1.06 bits per heavy atom. The summed E-state index contributed by atoms with van der Waals surface area (Å²) < 4.78 is 7.50. The van der Waals surface area contributed by atoms with E-state index in [1.165, 1.54) is 18.2 Å². The van der Waals surface area contributed by atoms with Crippen LogP contribution in [-0.2, 0) is 13.2 Å². The van der Waals surface area contributed by atoms with Gasteiger partial charge in [0, 0.05) is 6.54 Å². The number of aromatic carboxylic acids is 1. The quantitative estimate of drug-likeness (QED) is 0.506. The van der Waals surface area contributed by atoms with Gasteiger partial charge in [-0.2, -0.15) is 0 Å². The summed E-state index contributed by atoms with van der Waals surface area (Å²) in [6, 6.07) is 22.2. The maximum absolute atomic E-state index is 12.9. The van der Waals surface area contributed by atoms with Gasteiger partial charge in [-0.05, 0) is 59.5 Å². The van der Waals surface area contributed by atoms with Crippen molar-refractivity contribution < 1.29 is 14.6 Å². The van der Waals surface area contributed by atoms with E-state index in [4.69, 9.17) is 4.74 Å². The standard InChI is InChI=1S/C26H20N2O4/c29-25-22-11-8-20(26(30)31)15-23(22)27-24-19(12-13-28(24)25)14-17-6-9-21(10-7-17)32-16-18-4-2-1-3-5-18/h1-11,14-15H,12-13,16H2,(H,30,31)/b19-14+. The van der Waals surface area contributed by atoms with Gasteiger partial charge in [0.05, 0.1) is 16.5 Å². The average Bonchev–Trinajstić information content (AvgIpc) is 3.21. The predicted molar refractivity (Wildman–Crippen MR) is 123 cm³/mol. The van der Waals surface area contributed by atoms with Crippen LogP contribution in [-0.4, -0.2) is 20.6 Å². The molecule has 1 N–H and O–H groups in total. The molecule has 0 saturated heterocycles. The molecular formula is C26H20N2O4. The van der Waals surface area contributed by atoms with Crippen molar-refractivity contribution in [3.8, 4) is 5.75 Å². The van der Waals surface area contributed by atoms with Crippen molar-refractivity contribution >= 4 is 28.5 Å². The third-order valence-corrected chi connectivity index (χ3v) is 5.56. The van der Waals surface area contributed by atoms with Gasteiger partial charge in [0.2, 0.25) is 0 Å². The Morgan fingerprint density at radius 2 is 1.84 bits per heavy atom. The Kier molecular flexibility index (Phi) is 5.03. The smallest absolute Gasteiger partial charge is 0.335 e. The fourth-order valence-electron chi connectivity index (χ4n) is 3.89. The molecule has 0 bridgehead atoms. The van der Waals surface area contributed by atoms with Crippen molar-refractivity contribution in [2.45, 2.75) is 19.6 Å². The summed E-state index contributed by atoms with van der Waals surface area (Å²) in [5.74, 6) is 0.332. The Balaban J connectivity index is 1.42. The highest BCUT2D eigenvalue weighted by atomic mass is 16.5. The van der Waals surface area contributed by atoms with Crippen molar-refractivity contribution in [1.29, 1.82) is 0 Å². The van der Waals surface area contributed by atoms with Crippen LogP contribution >= 0.6 is 0 Å². The van der Waals surface area contributed by atoms with Gasteiger partial charge < -0.3 is 9.84 Å². The molecule has 1 aromatic heterocycles. The number of allylic oxidation sites excluding steroid dienone is 1. The first-order chi connectivity index (χ1) is 15.6. The molecule has 4 aromatic rings. The second-order valence-electron chi connectivity index (χ2n) is 7.69. The van der Waals surface area contributed by atoms with Gasteiger partial charge in [-0.1, -0.05) is 42.5 Å². The van der Waals surface area contributed by atoms with Gasteiger partial charge in [0.15, 0.2) is 0 Å². The molecule has 1 aliphatic rings. The Morgan fingerprint density at radius 3 is 2.59 bits per heavy atom. The summed E-state index contributed by atoms with van der Waals surface area (Å²) in [4.78, 5) is 28.8. The minimum atomic E-state index is -1.04. The zero-order valence-electron chi connectivity index (χ0n) is 17.2. The monoisotopic (exact) mass is 424 g/mol. The van der Waals surface area contributed by atoms with Crippen LogP contribution in [0.4, 0.5) is 0 Å². The highest BCUT2D eigenvalue weighted by Crippen LogP contribution is 2.28. The Bertz CT molecular complexity index is 1400. The fraction of sp³-hybridized carbons (Fsp3) is 0.115. The van der Waals surface area contributed by atoms with E-state index < -0.39 is 5.97 Å². The minimum Gasteiger partial charge on any atom is -0.489 e. The number of carbonyl (C=O) groups is 1. The number of fused-ring (bicyclic) bond motifs is 2. The van der Waals surface area contributed by atoms with E-state index >= 15 is 0 Å². The van der Waals surface area contributed by atoms with Gasteiger partial charge in [0.1, 0.15) is 18.2 Å². The molecule has 5 rings (SSSR count). The molecule has 0 radical (unpaired) electrons. The van der Waals surface area contributed by atoms with E-state index in [1.54, 1.807) is 4.57 Å². The first kappa shape index (κ1) is 19.8. The van der Waals surface area contributed by atoms with E-state index in [0.717, 1.165) is 22.4 Å². The van der Waals surface area contributed by atoms with E-state index in [-0.39, 0.29) is 11.1 Å². The number of carboxylic acids is 1. The lowest BCUT2D eigenvalue weighted by Crippen LogP contribution is -2.20. The lowest BCUT2D eigenvalue weighted by atomic mass is 10.1. The molecule has 0 unspecified atom stereocenters. The first-order valence-corrected chi connectivity index (χ1v) is 10.3. The molecule has 0 aliphatic carbocycles. The van der Waals surface area contributed by atoms with Gasteiger partial charge in [-0.15, -0.1) is 0 Å². The van der Waals surface area contributed by atoms with Crippen LogP contribution in [0.3, 0.4) is 0 Å². The Hall–Kier alpha value is -4.19. The van der Waals surface area contributed by atoms with Crippen LogP contribution < -0.4 is 10.3 Å². The van der Waals surface area contributed by atoms with E-state index in [0.29, 0.717) is 36.3 Å². The topological polar surface area (TPSA) is 81.4 Å². The van der Waals surface area contributed by atoms with E-state index in [1.807, 2.05) is 60.7 Å². The highest BCUT2D eigenvalue weighted by Gasteiger charge is 2.21. The van der Waals surface area contributed by atoms with Crippen molar-refractivity contribution in [1.82, 2.24) is 9.55 Å². The van der Waals surface area contributed by atoms with Crippen LogP contribution in [0.5, 0.6) is 5.75 Å². The number of aromatic nitrogens is 2. The molecule has 0 fully saturated rings. The van der Waals surface area contributed by atoms with E-state index in [9.17, 15) is 14.7 Å². The number of rotatable bonds is 5. The summed E-state index contributed by atoms with van der Waals surface area (Å²) >= 11 is 0. The van der Waals surface area contributed by atoms with Crippen LogP contribution in [0.2, 0.25) is 0 Å². The van der Waals surface area contributed by atoms with Crippen LogP contribution in [0.15, 0.2) is 77.6 Å². The van der Waals surface area contributed by atoms with E-state index in [2.05, 4.69) is 4.98 Å². The maximum atomic E-state index is 12.9. The lowest BCUT2D eigenvalue weighted by Gasteiger charge is -2.07. The number of hydrogen-bond donors (Lipinski definition) is 1. The lowest BCUT2D eigenvalue weighted by molar-refractivity contribution is 0.0697. The number of benzene rings is 3. The number of nitrogens with zero attached hydrogens (tertiary/aromatic N) is 2. The number of hydrogen-bond acceptors (Lipinski definition) is 4. The second kappa shape index (κ2) is 8.15. The zero-order chi connectivity index (χ0) is 22.1. The van der Waals surface area contributed by atoms with Crippen molar-refractivity contribution in [2.75, 3.05) is 0 Å². The molecule has 32 heavy (non-hydrogen) atoms. The minimum absolute atomic E-state index is 0.115. The number of carboxylic acid groups (broad SMARTS) is 1. The molecule has 0 amide bonds. The van der Waals surface area contributed by atoms with Gasteiger partial charge in [-0.25, -0.2) is 9.78 Å². The van der Waals surface area contributed by atoms with Crippen molar-refractivity contribution in [3.05, 3.63) is 106 Å².